The number of halogens is 1. The Kier molecular flexibility index (Phi) is 4.83. The molecule has 4 nitrogen and oxygen atoms in total. The summed E-state index contributed by atoms with van der Waals surface area (Å²) in [6.45, 7) is 1.93. The fraction of sp³-hybridized carbons (Fsp3) is 0.222. The highest BCUT2D eigenvalue weighted by Gasteiger charge is 2.39. The third-order valence-electron chi connectivity index (χ3n) is 3.99. The van der Waals surface area contributed by atoms with Crippen molar-refractivity contribution in [2.24, 2.45) is 5.92 Å². The Balaban J connectivity index is 1.99. The molecular weight excluding hydrogens is 346 g/mol. The van der Waals surface area contributed by atoms with Crippen molar-refractivity contribution in [2.75, 3.05) is 4.90 Å². The largest absolute Gasteiger partial charge is 0.481 e. The molecule has 1 aliphatic heterocycles. The number of carboxylic acid groups (broad SMARTS) is 1. The Hall–Kier alpha value is -1.98. The Morgan fingerprint density at radius 2 is 2.04 bits per heavy atom. The number of fused-ring (bicyclic) bond motifs is 1. The fourth-order valence-electron chi connectivity index (χ4n) is 2.67. The SMILES string of the molecule is CC(C(=O)O)C1Sc2ccccc2N(Cc2cccc(Cl)c2)C1=O. The van der Waals surface area contributed by atoms with Crippen LogP contribution in [0.3, 0.4) is 0 Å². The van der Waals surface area contributed by atoms with Crippen LogP contribution in [0.15, 0.2) is 53.4 Å². The van der Waals surface area contributed by atoms with E-state index >= 15 is 0 Å². The first-order valence-corrected chi connectivity index (χ1v) is 8.77. The normalized spacial score (nSPS) is 18.2. The molecule has 1 amide bonds. The molecule has 1 N–H and O–H groups in total. The van der Waals surface area contributed by atoms with Gasteiger partial charge in [0.25, 0.3) is 0 Å². The molecule has 0 spiro atoms. The first kappa shape index (κ1) is 16.9. The molecule has 24 heavy (non-hydrogen) atoms. The van der Waals surface area contributed by atoms with Gasteiger partial charge in [-0.15, -0.1) is 11.8 Å². The number of anilines is 1. The van der Waals surface area contributed by atoms with Gasteiger partial charge in [0.2, 0.25) is 5.91 Å². The first-order valence-electron chi connectivity index (χ1n) is 7.51. The molecule has 0 saturated heterocycles. The van der Waals surface area contributed by atoms with Crippen molar-refractivity contribution in [1.82, 2.24) is 0 Å². The predicted molar refractivity (Wildman–Crippen MR) is 95.5 cm³/mol. The molecule has 0 radical (unpaired) electrons. The van der Waals surface area contributed by atoms with E-state index in [1.165, 1.54) is 11.8 Å². The fourth-order valence-corrected chi connectivity index (χ4v) is 4.16. The molecule has 2 aromatic carbocycles. The highest BCUT2D eigenvalue weighted by molar-refractivity contribution is 8.01. The first-order chi connectivity index (χ1) is 11.5. The Bertz CT molecular complexity index is 795. The minimum absolute atomic E-state index is 0.187. The standard InChI is InChI=1S/C18H16ClNO3S/c1-11(18(22)23)16-17(21)20(10-12-5-4-6-13(19)9-12)14-7-2-3-8-15(14)24-16/h2-9,11,16H,10H2,1H3,(H,22,23). The van der Waals surface area contributed by atoms with Gasteiger partial charge in [0.15, 0.2) is 0 Å². The van der Waals surface area contributed by atoms with Gasteiger partial charge in [0.1, 0.15) is 5.25 Å². The number of carbonyl (C=O) groups excluding carboxylic acids is 1. The van der Waals surface area contributed by atoms with E-state index in [1.807, 2.05) is 42.5 Å². The molecule has 2 aromatic rings. The van der Waals surface area contributed by atoms with E-state index < -0.39 is 17.1 Å². The summed E-state index contributed by atoms with van der Waals surface area (Å²) in [5.41, 5.74) is 1.71. The maximum Gasteiger partial charge on any atom is 0.307 e. The summed E-state index contributed by atoms with van der Waals surface area (Å²) in [5, 5.41) is 9.28. The molecule has 1 aliphatic rings. The van der Waals surface area contributed by atoms with Gasteiger partial charge >= 0.3 is 5.97 Å². The van der Waals surface area contributed by atoms with E-state index in [-0.39, 0.29) is 5.91 Å². The van der Waals surface area contributed by atoms with Crippen LogP contribution in [-0.4, -0.2) is 22.2 Å². The summed E-state index contributed by atoms with van der Waals surface area (Å²) in [4.78, 5) is 26.9. The second-order valence-corrected chi connectivity index (χ2v) is 7.31. The molecule has 6 heteroatoms. The average Bonchev–Trinajstić information content (AvgIpc) is 2.56. The minimum Gasteiger partial charge on any atom is -0.481 e. The number of benzene rings is 2. The number of carbonyl (C=O) groups is 2. The van der Waals surface area contributed by atoms with Crippen molar-refractivity contribution in [3.63, 3.8) is 0 Å². The van der Waals surface area contributed by atoms with Crippen LogP contribution in [0.1, 0.15) is 12.5 Å². The van der Waals surface area contributed by atoms with Crippen molar-refractivity contribution >= 4 is 40.9 Å². The molecule has 0 bridgehead atoms. The van der Waals surface area contributed by atoms with E-state index in [2.05, 4.69) is 0 Å². The van der Waals surface area contributed by atoms with Crippen LogP contribution >= 0.6 is 23.4 Å². The number of para-hydroxylation sites is 1. The number of carboxylic acids is 1. The van der Waals surface area contributed by atoms with Gasteiger partial charge in [-0.2, -0.15) is 0 Å². The molecule has 3 rings (SSSR count). The van der Waals surface area contributed by atoms with Gasteiger partial charge < -0.3 is 10.0 Å². The topological polar surface area (TPSA) is 57.6 Å². The average molecular weight is 362 g/mol. The molecule has 0 aromatic heterocycles. The molecule has 0 aliphatic carbocycles. The zero-order chi connectivity index (χ0) is 17.3. The monoisotopic (exact) mass is 361 g/mol. The van der Waals surface area contributed by atoms with Crippen molar-refractivity contribution in [3.05, 3.63) is 59.1 Å². The van der Waals surface area contributed by atoms with Crippen LogP contribution in [0.4, 0.5) is 5.69 Å². The van der Waals surface area contributed by atoms with Crippen LogP contribution in [0.25, 0.3) is 0 Å². The molecule has 1 heterocycles. The number of rotatable bonds is 4. The summed E-state index contributed by atoms with van der Waals surface area (Å²) in [7, 11) is 0. The van der Waals surface area contributed by atoms with E-state index in [0.29, 0.717) is 11.6 Å². The Morgan fingerprint density at radius 3 is 2.75 bits per heavy atom. The zero-order valence-electron chi connectivity index (χ0n) is 13.0. The highest BCUT2D eigenvalue weighted by Crippen LogP contribution is 2.42. The summed E-state index contributed by atoms with van der Waals surface area (Å²) in [5.74, 6) is -1.92. The van der Waals surface area contributed by atoms with Crippen LogP contribution in [0, 0.1) is 5.92 Å². The van der Waals surface area contributed by atoms with Crippen LogP contribution in [0.2, 0.25) is 5.02 Å². The summed E-state index contributed by atoms with van der Waals surface area (Å²) >= 11 is 7.36. The van der Waals surface area contributed by atoms with Crippen molar-refractivity contribution in [2.45, 2.75) is 23.6 Å². The van der Waals surface area contributed by atoms with Crippen LogP contribution in [-0.2, 0) is 16.1 Å². The van der Waals surface area contributed by atoms with E-state index in [0.717, 1.165) is 16.1 Å². The van der Waals surface area contributed by atoms with Gasteiger partial charge in [-0.3, -0.25) is 9.59 Å². The molecule has 124 valence electrons. The maximum absolute atomic E-state index is 12.9. The number of aliphatic carboxylic acids is 1. The van der Waals surface area contributed by atoms with Crippen molar-refractivity contribution in [3.8, 4) is 0 Å². The van der Waals surface area contributed by atoms with Gasteiger partial charge in [-0.25, -0.2) is 0 Å². The molecule has 2 unspecified atom stereocenters. The lowest BCUT2D eigenvalue weighted by molar-refractivity contribution is -0.142. The molecule has 2 atom stereocenters. The van der Waals surface area contributed by atoms with E-state index in [4.69, 9.17) is 11.6 Å². The predicted octanol–water partition coefficient (Wildman–Crippen LogP) is 4.07. The lowest BCUT2D eigenvalue weighted by Gasteiger charge is -2.35. The molecule has 0 saturated carbocycles. The molecular formula is C18H16ClNO3S. The zero-order valence-corrected chi connectivity index (χ0v) is 14.6. The lowest BCUT2D eigenvalue weighted by Crippen LogP contribution is -2.44. The third-order valence-corrected chi connectivity index (χ3v) is 5.69. The second kappa shape index (κ2) is 6.87. The highest BCUT2D eigenvalue weighted by atomic mass is 35.5. The Labute approximate surface area is 149 Å². The third kappa shape index (κ3) is 3.28. The second-order valence-electron chi connectivity index (χ2n) is 5.69. The summed E-state index contributed by atoms with van der Waals surface area (Å²) < 4.78 is 0. The van der Waals surface area contributed by atoms with Crippen LogP contribution in [0.5, 0.6) is 0 Å². The number of nitrogens with zero attached hydrogens (tertiary/aromatic N) is 1. The van der Waals surface area contributed by atoms with E-state index in [9.17, 15) is 14.7 Å². The van der Waals surface area contributed by atoms with Gasteiger partial charge in [0, 0.05) is 9.92 Å². The smallest absolute Gasteiger partial charge is 0.307 e. The minimum atomic E-state index is -0.970. The quantitative estimate of drug-likeness (QED) is 0.891. The number of hydrogen-bond donors (Lipinski definition) is 1. The van der Waals surface area contributed by atoms with Gasteiger partial charge in [-0.05, 0) is 29.8 Å². The van der Waals surface area contributed by atoms with Crippen LogP contribution < -0.4 is 4.90 Å². The number of hydrogen-bond acceptors (Lipinski definition) is 3. The van der Waals surface area contributed by atoms with Crippen molar-refractivity contribution < 1.29 is 14.7 Å². The number of amides is 1. The summed E-state index contributed by atoms with van der Waals surface area (Å²) in [6, 6.07) is 14.9. The lowest BCUT2D eigenvalue weighted by atomic mass is 10.1. The summed E-state index contributed by atoms with van der Waals surface area (Å²) in [6.07, 6.45) is 0. The van der Waals surface area contributed by atoms with E-state index in [1.54, 1.807) is 17.9 Å². The number of thioether (sulfide) groups is 1. The molecule has 0 fully saturated rings. The maximum atomic E-state index is 12.9. The van der Waals surface area contributed by atoms with Gasteiger partial charge in [-0.1, -0.05) is 42.8 Å². The van der Waals surface area contributed by atoms with Crippen molar-refractivity contribution in [1.29, 1.82) is 0 Å². The Morgan fingerprint density at radius 1 is 1.29 bits per heavy atom. The van der Waals surface area contributed by atoms with Gasteiger partial charge in [0.05, 0.1) is 18.2 Å².